The number of aromatic amines is 1. The highest BCUT2D eigenvalue weighted by molar-refractivity contribution is 6.01. The van der Waals surface area contributed by atoms with E-state index in [0.717, 1.165) is 75.4 Å². The first kappa shape index (κ1) is 18.5. The van der Waals surface area contributed by atoms with E-state index in [2.05, 4.69) is 46.8 Å². The SMILES string of the molecule is Cc1ccc2[nH]c(C(=O)N3CCCCC3CCN3CCOCC3)c(C)c2c1. The van der Waals surface area contributed by atoms with E-state index >= 15 is 0 Å². The Morgan fingerprint density at radius 1 is 1.19 bits per heavy atom. The fourth-order valence-electron chi connectivity index (χ4n) is 4.52. The summed E-state index contributed by atoms with van der Waals surface area (Å²) in [4.78, 5) is 21.4. The summed E-state index contributed by atoms with van der Waals surface area (Å²) in [6.07, 6.45) is 4.51. The summed E-state index contributed by atoms with van der Waals surface area (Å²) in [5.74, 6) is 0.174. The number of H-pyrrole nitrogens is 1. The smallest absolute Gasteiger partial charge is 0.270 e. The average Bonchev–Trinajstić information content (AvgIpc) is 3.03. The molecule has 146 valence electrons. The topological polar surface area (TPSA) is 48.6 Å². The van der Waals surface area contributed by atoms with Crippen molar-refractivity contribution in [2.75, 3.05) is 39.4 Å². The van der Waals surface area contributed by atoms with Gasteiger partial charge < -0.3 is 14.6 Å². The van der Waals surface area contributed by atoms with E-state index < -0.39 is 0 Å². The molecule has 0 spiro atoms. The number of fused-ring (bicyclic) bond motifs is 1. The first-order valence-corrected chi connectivity index (χ1v) is 10.3. The average molecular weight is 370 g/mol. The maximum atomic E-state index is 13.4. The van der Waals surface area contributed by atoms with Crippen molar-refractivity contribution in [2.45, 2.75) is 45.6 Å². The fraction of sp³-hybridized carbons (Fsp3) is 0.591. The Morgan fingerprint density at radius 2 is 2.00 bits per heavy atom. The van der Waals surface area contributed by atoms with Crippen molar-refractivity contribution in [2.24, 2.45) is 0 Å². The molecule has 1 N–H and O–H groups in total. The Morgan fingerprint density at radius 3 is 2.81 bits per heavy atom. The largest absolute Gasteiger partial charge is 0.379 e. The number of nitrogens with zero attached hydrogens (tertiary/aromatic N) is 2. The van der Waals surface area contributed by atoms with Crippen molar-refractivity contribution >= 4 is 16.8 Å². The fourth-order valence-corrected chi connectivity index (χ4v) is 4.52. The van der Waals surface area contributed by atoms with Crippen LogP contribution in [0.2, 0.25) is 0 Å². The number of likely N-dealkylation sites (tertiary alicyclic amines) is 1. The lowest BCUT2D eigenvalue weighted by atomic mass is 9.98. The lowest BCUT2D eigenvalue weighted by molar-refractivity contribution is 0.0295. The van der Waals surface area contributed by atoms with Crippen LogP contribution in [0.15, 0.2) is 18.2 Å². The summed E-state index contributed by atoms with van der Waals surface area (Å²) in [5, 5.41) is 1.17. The summed E-state index contributed by atoms with van der Waals surface area (Å²) >= 11 is 0. The number of ether oxygens (including phenoxy) is 1. The standard InChI is InChI=1S/C22H31N3O2/c1-16-6-7-20-19(15-16)17(2)21(23-20)22(26)25-9-4-3-5-18(25)8-10-24-11-13-27-14-12-24/h6-7,15,18,23H,3-5,8-14H2,1-2H3. The lowest BCUT2D eigenvalue weighted by Crippen LogP contribution is -2.46. The Kier molecular flexibility index (Phi) is 5.50. The van der Waals surface area contributed by atoms with E-state index in [1.807, 2.05) is 0 Å². The molecule has 2 fully saturated rings. The summed E-state index contributed by atoms with van der Waals surface area (Å²) in [6.45, 7) is 9.80. The molecule has 1 unspecified atom stereocenters. The first-order valence-electron chi connectivity index (χ1n) is 10.3. The molecule has 3 heterocycles. The van der Waals surface area contributed by atoms with E-state index in [-0.39, 0.29) is 5.91 Å². The third kappa shape index (κ3) is 3.90. The zero-order chi connectivity index (χ0) is 18.8. The van der Waals surface area contributed by atoms with E-state index in [1.165, 1.54) is 17.4 Å². The van der Waals surface area contributed by atoms with Gasteiger partial charge in [-0.05, 0) is 57.2 Å². The van der Waals surface area contributed by atoms with Crippen LogP contribution in [0.1, 0.15) is 47.3 Å². The Bertz CT molecular complexity index is 807. The van der Waals surface area contributed by atoms with Crippen LogP contribution in [0.25, 0.3) is 10.9 Å². The van der Waals surface area contributed by atoms with Gasteiger partial charge in [-0.1, -0.05) is 11.6 Å². The van der Waals surface area contributed by atoms with Gasteiger partial charge in [0.05, 0.1) is 13.2 Å². The number of carbonyl (C=O) groups excluding carboxylic acids is 1. The number of nitrogens with one attached hydrogen (secondary N) is 1. The van der Waals surface area contributed by atoms with E-state index in [0.29, 0.717) is 6.04 Å². The summed E-state index contributed by atoms with van der Waals surface area (Å²) in [7, 11) is 0. The van der Waals surface area contributed by atoms with Crippen LogP contribution < -0.4 is 0 Å². The van der Waals surface area contributed by atoms with Crippen molar-refractivity contribution in [3.63, 3.8) is 0 Å². The molecule has 0 bridgehead atoms. The minimum Gasteiger partial charge on any atom is -0.379 e. The number of benzene rings is 1. The molecule has 2 saturated heterocycles. The van der Waals surface area contributed by atoms with E-state index in [4.69, 9.17) is 4.74 Å². The highest BCUT2D eigenvalue weighted by Crippen LogP contribution is 2.27. The minimum atomic E-state index is 0.174. The van der Waals surface area contributed by atoms with Crippen LogP contribution in [-0.2, 0) is 4.74 Å². The van der Waals surface area contributed by atoms with Gasteiger partial charge in [-0.3, -0.25) is 9.69 Å². The van der Waals surface area contributed by atoms with Crippen LogP contribution in [0.5, 0.6) is 0 Å². The molecule has 0 radical (unpaired) electrons. The molecule has 2 aromatic rings. The maximum Gasteiger partial charge on any atom is 0.270 e. The molecule has 5 heteroatoms. The monoisotopic (exact) mass is 369 g/mol. The zero-order valence-corrected chi connectivity index (χ0v) is 16.6. The molecule has 5 nitrogen and oxygen atoms in total. The number of piperidine rings is 1. The molecule has 1 aromatic carbocycles. The molecular formula is C22H31N3O2. The Balaban J connectivity index is 1.51. The van der Waals surface area contributed by atoms with Gasteiger partial charge >= 0.3 is 0 Å². The third-order valence-corrected chi connectivity index (χ3v) is 6.20. The van der Waals surface area contributed by atoms with Gasteiger partial charge in [0.1, 0.15) is 5.69 Å². The predicted octanol–water partition coefficient (Wildman–Crippen LogP) is 3.50. The lowest BCUT2D eigenvalue weighted by Gasteiger charge is -2.37. The molecular weight excluding hydrogens is 338 g/mol. The molecule has 1 aromatic heterocycles. The van der Waals surface area contributed by atoms with Crippen molar-refractivity contribution in [1.29, 1.82) is 0 Å². The molecule has 1 amide bonds. The number of hydrogen-bond donors (Lipinski definition) is 1. The van der Waals surface area contributed by atoms with Crippen LogP contribution in [0.3, 0.4) is 0 Å². The second-order valence-electron chi connectivity index (χ2n) is 8.06. The van der Waals surface area contributed by atoms with Gasteiger partial charge in [0.15, 0.2) is 0 Å². The summed E-state index contributed by atoms with van der Waals surface area (Å²) in [6, 6.07) is 6.70. The number of morpholine rings is 1. The van der Waals surface area contributed by atoms with Crippen molar-refractivity contribution in [3.05, 3.63) is 35.0 Å². The number of aryl methyl sites for hydroxylation is 2. The normalized spacial score (nSPS) is 21.7. The second-order valence-corrected chi connectivity index (χ2v) is 8.06. The van der Waals surface area contributed by atoms with Crippen molar-refractivity contribution in [3.8, 4) is 0 Å². The van der Waals surface area contributed by atoms with Gasteiger partial charge in [0, 0.05) is 43.1 Å². The molecule has 4 rings (SSSR count). The van der Waals surface area contributed by atoms with Crippen LogP contribution >= 0.6 is 0 Å². The molecule has 0 aliphatic carbocycles. The van der Waals surface area contributed by atoms with Crippen LogP contribution in [-0.4, -0.2) is 66.1 Å². The quantitative estimate of drug-likeness (QED) is 0.897. The molecule has 0 saturated carbocycles. The molecule has 2 aliphatic rings. The number of rotatable bonds is 4. The van der Waals surface area contributed by atoms with E-state index in [1.54, 1.807) is 0 Å². The highest BCUT2D eigenvalue weighted by Gasteiger charge is 2.30. The van der Waals surface area contributed by atoms with Gasteiger partial charge in [-0.15, -0.1) is 0 Å². The summed E-state index contributed by atoms with van der Waals surface area (Å²) in [5.41, 5.74) is 4.14. The highest BCUT2D eigenvalue weighted by atomic mass is 16.5. The van der Waals surface area contributed by atoms with Crippen molar-refractivity contribution in [1.82, 2.24) is 14.8 Å². The summed E-state index contributed by atoms with van der Waals surface area (Å²) < 4.78 is 5.45. The van der Waals surface area contributed by atoms with Crippen LogP contribution in [0.4, 0.5) is 0 Å². The van der Waals surface area contributed by atoms with Gasteiger partial charge in [0.2, 0.25) is 0 Å². The van der Waals surface area contributed by atoms with Crippen molar-refractivity contribution < 1.29 is 9.53 Å². The first-order chi connectivity index (χ1) is 13.1. The molecule has 2 aliphatic heterocycles. The second kappa shape index (κ2) is 8.03. The van der Waals surface area contributed by atoms with Crippen LogP contribution in [0, 0.1) is 13.8 Å². The maximum absolute atomic E-state index is 13.4. The zero-order valence-electron chi connectivity index (χ0n) is 16.6. The van der Waals surface area contributed by atoms with E-state index in [9.17, 15) is 4.79 Å². The number of carbonyl (C=O) groups is 1. The molecule has 27 heavy (non-hydrogen) atoms. The number of hydrogen-bond acceptors (Lipinski definition) is 3. The van der Waals surface area contributed by atoms with Gasteiger partial charge in [-0.2, -0.15) is 0 Å². The Hall–Kier alpha value is -1.85. The molecule has 1 atom stereocenters. The predicted molar refractivity (Wildman–Crippen MR) is 108 cm³/mol. The van der Waals surface area contributed by atoms with Gasteiger partial charge in [0.25, 0.3) is 5.91 Å². The van der Waals surface area contributed by atoms with Gasteiger partial charge in [-0.25, -0.2) is 0 Å². The number of aromatic nitrogens is 1. The Labute approximate surface area is 161 Å². The number of amides is 1. The minimum absolute atomic E-state index is 0.174. The third-order valence-electron chi connectivity index (χ3n) is 6.20.